The fourth-order valence-electron chi connectivity index (χ4n) is 7.93. The third-order valence-electron chi connectivity index (χ3n) is 10.4. The number of benzene rings is 1. The van der Waals surface area contributed by atoms with Crippen LogP contribution < -0.4 is 32.2 Å². The van der Waals surface area contributed by atoms with E-state index in [0.29, 0.717) is 12.4 Å². The van der Waals surface area contributed by atoms with Crippen molar-refractivity contribution >= 4 is 29.8 Å². The highest BCUT2D eigenvalue weighted by Crippen LogP contribution is 2.43. The molecule has 15 nitrogen and oxygen atoms in total. The number of nitrogens with zero attached hydrogens (tertiary/aromatic N) is 4. The van der Waals surface area contributed by atoms with Gasteiger partial charge in [0.05, 0.1) is 25.3 Å². The number of nitrogens with two attached hydrogens (primary N) is 2. The molecule has 1 spiro atoms. The Labute approximate surface area is 254 Å². The Balaban J connectivity index is 1.16. The van der Waals surface area contributed by atoms with Gasteiger partial charge in [-0.05, 0) is 30.7 Å². The number of rotatable bonds is 5. The molecular formula is C29H40N9O6+. The summed E-state index contributed by atoms with van der Waals surface area (Å²) in [6, 6.07) is 1.96. The minimum Gasteiger partial charge on any atom is -0.492 e. The second-order valence-corrected chi connectivity index (χ2v) is 13.4. The minimum atomic E-state index is -2.65. The maximum absolute atomic E-state index is 13.7. The smallest absolute Gasteiger partial charge is 0.346 e. The second kappa shape index (κ2) is 9.69. The fraction of sp³-hybridized carbons (Fsp3) is 0.621. The van der Waals surface area contributed by atoms with Gasteiger partial charge in [0.1, 0.15) is 30.4 Å². The van der Waals surface area contributed by atoms with E-state index in [9.17, 15) is 24.6 Å². The van der Waals surface area contributed by atoms with Gasteiger partial charge < -0.3 is 36.2 Å². The molecule has 0 radical (unpaired) electrons. The Morgan fingerprint density at radius 2 is 1.98 bits per heavy atom. The number of carbonyl (C=O) groups is 3. The summed E-state index contributed by atoms with van der Waals surface area (Å²) < 4.78 is 7.40. The quantitative estimate of drug-likeness (QED) is 0.111. The van der Waals surface area contributed by atoms with Crippen LogP contribution in [0.5, 0.6) is 5.75 Å². The van der Waals surface area contributed by atoms with Gasteiger partial charge in [-0.1, -0.05) is 38.8 Å². The monoisotopic (exact) mass is 610 g/mol. The van der Waals surface area contributed by atoms with Gasteiger partial charge in [-0.25, -0.2) is 14.4 Å². The molecule has 7 rings (SSSR count). The van der Waals surface area contributed by atoms with Crippen molar-refractivity contribution in [3.05, 3.63) is 29.3 Å². The molecule has 1 aromatic carbocycles. The van der Waals surface area contributed by atoms with Crippen LogP contribution >= 0.6 is 0 Å². The first-order chi connectivity index (χ1) is 20.8. The van der Waals surface area contributed by atoms with Crippen LogP contribution in [0.3, 0.4) is 0 Å². The van der Waals surface area contributed by atoms with Crippen LogP contribution in [-0.2, 0) is 10.2 Å². The molecule has 3 unspecified atom stereocenters. The van der Waals surface area contributed by atoms with Gasteiger partial charge in [0.25, 0.3) is 5.91 Å². The van der Waals surface area contributed by atoms with Crippen molar-refractivity contribution in [3.8, 4) is 5.75 Å². The van der Waals surface area contributed by atoms with Gasteiger partial charge >= 0.3 is 12.0 Å². The number of hydrogen-bond donors (Lipinski definition) is 7. The van der Waals surface area contributed by atoms with Crippen molar-refractivity contribution < 1.29 is 33.9 Å². The normalized spacial score (nSPS) is 32.0. The average Bonchev–Trinajstić information content (AvgIpc) is 3.72. The molecule has 5 aliphatic heterocycles. The molecule has 0 bridgehead atoms. The first-order valence-electron chi connectivity index (χ1n) is 15.3. The highest BCUT2D eigenvalue weighted by molar-refractivity contribution is 6.02. The van der Waals surface area contributed by atoms with Crippen molar-refractivity contribution in [2.75, 3.05) is 26.2 Å². The summed E-state index contributed by atoms with van der Waals surface area (Å²) >= 11 is 0. The first kappa shape index (κ1) is 28.6. The van der Waals surface area contributed by atoms with Crippen molar-refractivity contribution in [1.82, 2.24) is 25.8 Å². The molecule has 3 fully saturated rings. The maximum Gasteiger partial charge on any atom is 0.346 e. The Hall–Kier alpha value is -4.11. The Morgan fingerprint density at radius 1 is 1.23 bits per heavy atom. The first-order valence-corrected chi connectivity index (χ1v) is 15.3. The summed E-state index contributed by atoms with van der Waals surface area (Å²) in [6.07, 6.45) is 4.56. The lowest BCUT2D eigenvalue weighted by Gasteiger charge is -2.44. The van der Waals surface area contributed by atoms with Crippen molar-refractivity contribution in [3.63, 3.8) is 0 Å². The van der Waals surface area contributed by atoms with Crippen LogP contribution in [0, 0.1) is 0 Å². The number of aliphatic hydroxyl groups is 2. The molecule has 6 aliphatic rings. The molecule has 4 atom stereocenters. The average molecular weight is 611 g/mol. The molecule has 236 valence electrons. The molecule has 2 saturated heterocycles. The van der Waals surface area contributed by atoms with Gasteiger partial charge in [-0.15, -0.1) is 0 Å². The number of ether oxygens (including phenoxy) is 1. The highest BCUT2D eigenvalue weighted by atomic mass is 16.5. The number of carbonyl (C=O) groups excluding carboxylic acids is 3. The molecule has 1 aliphatic carbocycles. The lowest BCUT2D eigenvalue weighted by molar-refractivity contribution is -0.623. The third kappa shape index (κ3) is 3.98. The number of amides is 4. The summed E-state index contributed by atoms with van der Waals surface area (Å²) in [5, 5.41) is 32.5. The van der Waals surface area contributed by atoms with E-state index >= 15 is 0 Å². The predicted molar refractivity (Wildman–Crippen MR) is 157 cm³/mol. The van der Waals surface area contributed by atoms with E-state index in [-0.39, 0.29) is 60.5 Å². The zero-order valence-corrected chi connectivity index (χ0v) is 24.9. The molecular weight excluding hydrogens is 570 g/mol. The molecule has 1 aromatic rings. The van der Waals surface area contributed by atoms with Gasteiger partial charge in [-0.2, -0.15) is 0 Å². The van der Waals surface area contributed by atoms with E-state index in [4.69, 9.17) is 16.2 Å². The van der Waals surface area contributed by atoms with E-state index in [1.54, 1.807) is 17.0 Å². The summed E-state index contributed by atoms with van der Waals surface area (Å²) in [6.45, 7) is 4.42. The number of urea groups is 1. The van der Waals surface area contributed by atoms with E-state index in [2.05, 4.69) is 34.8 Å². The van der Waals surface area contributed by atoms with Crippen LogP contribution in [0.2, 0.25) is 0 Å². The van der Waals surface area contributed by atoms with E-state index in [1.165, 1.54) is 9.48 Å². The summed E-state index contributed by atoms with van der Waals surface area (Å²) in [7, 11) is 0. The second-order valence-electron chi connectivity index (χ2n) is 13.4. The topological polar surface area (TPSA) is 211 Å². The minimum absolute atomic E-state index is 0.00311. The maximum atomic E-state index is 13.7. The van der Waals surface area contributed by atoms with Crippen LogP contribution in [0.15, 0.2) is 23.2 Å². The molecule has 15 heteroatoms. The Bertz CT molecular complexity index is 1500. The molecule has 0 aromatic heterocycles. The largest absolute Gasteiger partial charge is 0.492 e. The lowest BCUT2D eigenvalue weighted by atomic mass is 9.79. The van der Waals surface area contributed by atoms with Gasteiger partial charge in [-0.3, -0.25) is 25.5 Å². The lowest BCUT2D eigenvalue weighted by Crippen LogP contribution is -2.79. The number of hydrogen-bond acceptors (Lipinski definition) is 11. The van der Waals surface area contributed by atoms with Crippen LogP contribution in [0.1, 0.15) is 61.9 Å². The number of aliphatic imine (C=N–C) groups is 1. The Kier molecular flexibility index (Phi) is 6.31. The number of guanidine groups is 2. The van der Waals surface area contributed by atoms with Crippen LogP contribution in [-0.4, -0.2) is 116 Å². The number of imide groups is 1. The van der Waals surface area contributed by atoms with Crippen molar-refractivity contribution in [2.45, 2.75) is 87.0 Å². The van der Waals surface area contributed by atoms with Gasteiger partial charge in [0.15, 0.2) is 5.96 Å². The van der Waals surface area contributed by atoms with E-state index in [0.717, 1.165) is 37.7 Å². The molecule has 1 saturated carbocycles. The van der Waals surface area contributed by atoms with Gasteiger partial charge in [0.2, 0.25) is 17.4 Å². The predicted octanol–water partition coefficient (Wildman–Crippen LogP) is -1.97. The van der Waals surface area contributed by atoms with E-state index in [1.807, 2.05) is 6.07 Å². The highest BCUT2D eigenvalue weighted by Gasteiger charge is 2.75. The standard InChI is InChI=1S/C29H39N9O6/c1-27(2)10-11-44-21-16(8-5-9-17(21)27)23(40)33-19-13-38-25(31)32-18(22-28(38,29(19,42)43)35-24(30)34-22)12-37-20(39)14-36(26(37)41)15-6-3-4-7-15/h5,8-9,15,18-19,22,42-43H,3-4,6-7,10-14H2,1-2H3,(H6,30,31,32,33,34,35,40)/p+1/t18-,19?,22?,28?/m0/s1. The molecule has 5 heterocycles. The SMILES string of the molecule is CC1(C)CCOc2c(C(=O)NC3C[N+]4=C(N)N[C@@H](CN5C(=O)CN(C6CCCC6)C5=O)C5N=C(N)NC54C3(O)O)cccc21. The molecule has 4 amide bonds. The zero-order chi connectivity index (χ0) is 31.2. The number of para-hydroxylation sites is 1. The summed E-state index contributed by atoms with van der Waals surface area (Å²) in [5.74, 6) is -3.07. The van der Waals surface area contributed by atoms with Crippen molar-refractivity contribution in [1.29, 1.82) is 0 Å². The van der Waals surface area contributed by atoms with Crippen molar-refractivity contribution in [2.24, 2.45) is 16.5 Å². The number of nitrogens with one attached hydrogen (secondary N) is 3. The number of fused-ring (bicyclic) bond motifs is 1. The fourth-order valence-corrected chi connectivity index (χ4v) is 7.93. The van der Waals surface area contributed by atoms with Gasteiger partial charge in [0, 0.05) is 11.6 Å². The third-order valence-corrected chi connectivity index (χ3v) is 10.4. The summed E-state index contributed by atoms with van der Waals surface area (Å²) in [4.78, 5) is 47.3. The molecule has 44 heavy (non-hydrogen) atoms. The van der Waals surface area contributed by atoms with Crippen LogP contribution in [0.4, 0.5) is 4.79 Å². The summed E-state index contributed by atoms with van der Waals surface area (Å²) in [5.41, 5.74) is 11.8. The Morgan fingerprint density at radius 3 is 2.73 bits per heavy atom. The van der Waals surface area contributed by atoms with Crippen LogP contribution in [0.25, 0.3) is 0 Å². The zero-order valence-electron chi connectivity index (χ0n) is 24.9. The molecule has 9 N–H and O–H groups in total. The van der Waals surface area contributed by atoms with E-state index < -0.39 is 35.5 Å².